The number of aliphatic hydroxyl groups is 10. The molecule has 0 aromatic carbocycles. The Balaban J connectivity index is 1.91. The van der Waals surface area contributed by atoms with Crippen LogP contribution in [0.4, 0.5) is 0 Å². The van der Waals surface area contributed by atoms with Crippen LogP contribution in [0.3, 0.4) is 0 Å². The Morgan fingerprint density at radius 2 is 1.25 bits per heavy atom. The lowest BCUT2D eigenvalue weighted by atomic mass is 9.80. The van der Waals surface area contributed by atoms with Gasteiger partial charge in [0.2, 0.25) is 0 Å². The summed E-state index contributed by atoms with van der Waals surface area (Å²) in [6, 6.07) is 0. The summed E-state index contributed by atoms with van der Waals surface area (Å²) < 4.78 is 21.8. The topological polar surface area (TPSA) is 239 Å². The molecule has 0 saturated carbocycles. The first-order valence-electron chi connectivity index (χ1n) is 10.3. The highest BCUT2D eigenvalue weighted by molar-refractivity contribution is 5.01. The van der Waals surface area contributed by atoms with E-state index in [2.05, 4.69) is 0 Å². The lowest BCUT2D eigenvalue weighted by molar-refractivity contribution is -0.365. The number of rotatable bonds is 5. The summed E-state index contributed by atoms with van der Waals surface area (Å²) >= 11 is 0. The Bertz CT molecular complexity index is 608. The van der Waals surface area contributed by atoms with Crippen LogP contribution in [-0.4, -0.2) is 150 Å². The average Bonchev–Trinajstić information content (AvgIpc) is 2.77. The molecule has 0 amide bonds. The molecular weight excluding hydrogens is 440 g/mol. The molecule has 0 aliphatic carbocycles. The van der Waals surface area contributed by atoms with Gasteiger partial charge in [-0.15, -0.1) is 0 Å². The molecular formula is C18H32O14. The van der Waals surface area contributed by atoms with E-state index in [1.165, 1.54) is 6.92 Å². The fourth-order valence-corrected chi connectivity index (χ4v) is 4.37. The minimum atomic E-state index is -1.82. The van der Waals surface area contributed by atoms with Crippen molar-refractivity contribution < 1.29 is 70.0 Å². The second-order valence-electron chi connectivity index (χ2n) is 8.39. The van der Waals surface area contributed by atoms with Crippen LogP contribution in [0.2, 0.25) is 0 Å². The predicted octanol–water partition coefficient (Wildman–Crippen LogP) is -6.27. The Morgan fingerprint density at radius 1 is 0.625 bits per heavy atom. The van der Waals surface area contributed by atoms with E-state index in [9.17, 15) is 51.1 Å². The fraction of sp³-hybridized carbons (Fsp3) is 1.00. The summed E-state index contributed by atoms with van der Waals surface area (Å²) in [7, 11) is 0. The van der Waals surface area contributed by atoms with Crippen molar-refractivity contribution in [3.63, 3.8) is 0 Å². The minimum Gasteiger partial charge on any atom is -0.394 e. The summed E-state index contributed by atoms with van der Waals surface area (Å²) in [6.07, 6.45) is -21.9. The zero-order valence-electron chi connectivity index (χ0n) is 17.2. The lowest BCUT2D eigenvalue weighted by Crippen LogP contribution is -2.68. The molecule has 0 aromatic heterocycles. The first kappa shape index (κ1) is 26.1. The highest BCUT2D eigenvalue weighted by atomic mass is 16.7. The van der Waals surface area contributed by atoms with Crippen molar-refractivity contribution in [2.45, 2.75) is 92.8 Å². The third kappa shape index (κ3) is 4.67. The Morgan fingerprint density at radius 3 is 1.84 bits per heavy atom. The molecule has 15 unspecified atom stereocenters. The second kappa shape index (κ2) is 10.4. The second-order valence-corrected chi connectivity index (χ2v) is 8.39. The minimum absolute atomic E-state index is 0.745. The van der Waals surface area contributed by atoms with Gasteiger partial charge in [0.05, 0.1) is 37.4 Å². The van der Waals surface area contributed by atoms with Crippen molar-refractivity contribution in [2.24, 2.45) is 5.92 Å². The SMILES string of the molecule is CC1OC(C2C(OC3C(CO)OC(O)C(O)C3O)OC(CO)C(O)C2O)C(O)C(O)C1O. The normalized spacial score (nSPS) is 55.0. The van der Waals surface area contributed by atoms with E-state index in [-0.39, 0.29) is 0 Å². The van der Waals surface area contributed by atoms with Crippen molar-refractivity contribution >= 4 is 0 Å². The number of ether oxygens (including phenoxy) is 4. The maximum atomic E-state index is 10.7. The molecule has 0 aromatic rings. The smallest absolute Gasteiger partial charge is 0.184 e. The quantitative estimate of drug-likeness (QED) is 0.179. The van der Waals surface area contributed by atoms with Gasteiger partial charge in [-0.3, -0.25) is 0 Å². The van der Waals surface area contributed by atoms with Gasteiger partial charge in [-0.25, -0.2) is 0 Å². The summed E-state index contributed by atoms with van der Waals surface area (Å²) in [5, 5.41) is 101. The molecule has 3 fully saturated rings. The van der Waals surface area contributed by atoms with Crippen molar-refractivity contribution in [2.75, 3.05) is 13.2 Å². The molecule has 14 heteroatoms. The van der Waals surface area contributed by atoms with Gasteiger partial charge in [0.15, 0.2) is 12.6 Å². The van der Waals surface area contributed by atoms with Crippen LogP contribution < -0.4 is 0 Å². The van der Waals surface area contributed by atoms with Gasteiger partial charge >= 0.3 is 0 Å². The van der Waals surface area contributed by atoms with Gasteiger partial charge in [-0.1, -0.05) is 0 Å². The van der Waals surface area contributed by atoms with Crippen LogP contribution in [0.1, 0.15) is 6.92 Å². The summed E-state index contributed by atoms with van der Waals surface area (Å²) in [5.74, 6) is -1.43. The van der Waals surface area contributed by atoms with Crippen molar-refractivity contribution in [1.29, 1.82) is 0 Å². The Hall–Kier alpha value is -0.560. The van der Waals surface area contributed by atoms with Crippen LogP contribution in [0.25, 0.3) is 0 Å². The van der Waals surface area contributed by atoms with Crippen LogP contribution >= 0.6 is 0 Å². The third-order valence-corrected chi connectivity index (χ3v) is 6.33. The number of aliphatic hydroxyl groups excluding tert-OH is 10. The number of hydrogen-bond acceptors (Lipinski definition) is 14. The Kier molecular flexibility index (Phi) is 8.44. The molecule has 188 valence electrons. The average molecular weight is 472 g/mol. The van der Waals surface area contributed by atoms with Crippen LogP contribution in [0.5, 0.6) is 0 Å². The van der Waals surface area contributed by atoms with Gasteiger partial charge in [-0.05, 0) is 6.92 Å². The number of hydrogen-bond donors (Lipinski definition) is 10. The molecule has 14 nitrogen and oxygen atoms in total. The largest absolute Gasteiger partial charge is 0.394 e. The highest BCUT2D eigenvalue weighted by Gasteiger charge is 2.56. The van der Waals surface area contributed by atoms with E-state index in [1.807, 2.05) is 0 Å². The van der Waals surface area contributed by atoms with Crippen molar-refractivity contribution in [3.8, 4) is 0 Å². The molecule has 3 aliphatic heterocycles. The monoisotopic (exact) mass is 472 g/mol. The maximum Gasteiger partial charge on any atom is 0.184 e. The third-order valence-electron chi connectivity index (χ3n) is 6.33. The Labute approximate surface area is 182 Å². The zero-order chi connectivity index (χ0) is 23.9. The van der Waals surface area contributed by atoms with Gasteiger partial charge < -0.3 is 70.0 Å². The molecule has 0 spiro atoms. The molecule has 3 heterocycles. The van der Waals surface area contributed by atoms with E-state index in [1.54, 1.807) is 0 Å². The van der Waals surface area contributed by atoms with Crippen LogP contribution in [0, 0.1) is 5.92 Å². The zero-order valence-corrected chi connectivity index (χ0v) is 17.2. The first-order valence-corrected chi connectivity index (χ1v) is 10.3. The summed E-state index contributed by atoms with van der Waals surface area (Å²) in [6.45, 7) is -0.0863. The summed E-state index contributed by atoms with van der Waals surface area (Å²) in [5.41, 5.74) is 0. The highest BCUT2D eigenvalue weighted by Crippen LogP contribution is 2.38. The van der Waals surface area contributed by atoms with Gasteiger partial charge in [0.1, 0.15) is 54.9 Å². The maximum absolute atomic E-state index is 10.7. The summed E-state index contributed by atoms with van der Waals surface area (Å²) in [4.78, 5) is 0. The molecule has 0 radical (unpaired) electrons. The fourth-order valence-electron chi connectivity index (χ4n) is 4.37. The standard InChI is InChI=1S/C18H32O14/c1-4-8(21)11(24)12(25)16(29-4)7-10(23)9(22)5(2-19)31-18(7)32-15-6(3-20)30-17(28)14(27)13(15)26/h4-28H,2-3H2,1H3. The molecule has 32 heavy (non-hydrogen) atoms. The molecule has 3 aliphatic rings. The van der Waals surface area contributed by atoms with Gasteiger partial charge in [0, 0.05) is 0 Å². The van der Waals surface area contributed by atoms with Crippen molar-refractivity contribution in [3.05, 3.63) is 0 Å². The van der Waals surface area contributed by atoms with E-state index in [0.717, 1.165) is 0 Å². The van der Waals surface area contributed by atoms with Crippen LogP contribution in [0.15, 0.2) is 0 Å². The van der Waals surface area contributed by atoms with Gasteiger partial charge in [-0.2, -0.15) is 0 Å². The van der Waals surface area contributed by atoms with E-state index in [4.69, 9.17) is 18.9 Å². The van der Waals surface area contributed by atoms with Crippen molar-refractivity contribution in [1.82, 2.24) is 0 Å². The van der Waals surface area contributed by atoms with Crippen LogP contribution in [-0.2, 0) is 18.9 Å². The van der Waals surface area contributed by atoms with Gasteiger partial charge in [0.25, 0.3) is 0 Å². The predicted molar refractivity (Wildman–Crippen MR) is 98.5 cm³/mol. The molecule has 15 atom stereocenters. The van der Waals surface area contributed by atoms with E-state index >= 15 is 0 Å². The molecule has 3 rings (SSSR count). The molecule has 3 saturated heterocycles. The lowest BCUT2D eigenvalue weighted by Gasteiger charge is -2.51. The van der Waals surface area contributed by atoms with E-state index in [0.29, 0.717) is 0 Å². The molecule has 10 N–H and O–H groups in total. The molecule has 0 bridgehead atoms. The first-order chi connectivity index (χ1) is 15.0. The van der Waals surface area contributed by atoms with E-state index < -0.39 is 105 Å².